The van der Waals surface area contributed by atoms with Crippen LogP contribution in [0.2, 0.25) is 0 Å². The van der Waals surface area contributed by atoms with E-state index in [4.69, 9.17) is 23.7 Å². The first-order valence-electron chi connectivity index (χ1n) is 21.5. The molecule has 20 nitrogen and oxygen atoms in total. The van der Waals surface area contributed by atoms with Gasteiger partial charge in [-0.3, -0.25) is 53.0 Å². The van der Waals surface area contributed by atoms with Crippen molar-refractivity contribution in [1.82, 2.24) is 35.2 Å². The molecule has 2 aliphatic heterocycles. The summed E-state index contributed by atoms with van der Waals surface area (Å²) in [4.78, 5) is 89.0. The molecule has 0 saturated carbocycles. The maximum atomic E-state index is 13.2. The number of carbonyl (C=O) groups is 7. The van der Waals surface area contributed by atoms with Gasteiger partial charge in [-0.15, -0.1) is 0 Å². The van der Waals surface area contributed by atoms with Crippen molar-refractivity contribution in [1.29, 1.82) is 0 Å². The highest BCUT2D eigenvalue weighted by Crippen LogP contribution is 2.33. The summed E-state index contributed by atoms with van der Waals surface area (Å²) in [7, 11) is 1.87. The van der Waals surface area contributed by atoms with Gasteiger partial charge in [0.2, 0.25) is 23.6 Å². The average Bonchev–Trinajstić information content (AvgIpc) is 3.90. The molecule has 0 bridgehead atoms. The predicted molar refractivity (Wildman–Crippen MR) is 238 cm³/mol. The molecule has 4 heterocycles. The van der Waals surface area contributed by atoms with Crippen molar-refractivity contribution < 1.29 is 57.2 Å². The third-order valence-corrected chi connectivity index (χ3v) is 10.8. The van der Waals surface area contributed by atoms with Crippen LogP contribution in [0.4, 0.5) is 5.69 Å². The van der Waals surface area contributed by atoms with Crippen molar-refractivity contribution in [2.75, 3.05) is 77.9 Å². The fraction of sp³-hybridized carbons (Fsp3) is 0.391. The number of nitrogens with zero attached hydrogens (tertiary/aromatic N) is 4. The van der Waals surface area contributed by atoms with Gasteiger partial charge >= 0.3 is 0 Å². The Morgan fingerprint density at radius 3 is 2.12 bits per heavy atom. The molecule has 3 aromatic carbocycles. The molecule has 0 radical (unpaired) electrons. The highest BCUT2D eigenvalue weighted by molar-refractivity contribution is 6.26. The zero-order chi connectivity index (χ0) is 46.7. The Kier molecular flexibility index (Phi) is 15.6. The summed E-state index contributed by atoms with van der Waals surface area (Å²) in [5.41, 5.74) is 4.52. The lowest BCUT2D eigenvalue weighted by atomic mass is 10.0. The van der Waals surface area contributed by atoms with Crippen molar-refractivity contribution in [3.63, 3.8) is 0 Å². The smallest absolute Gasteiger partial charge is 0.264 e. The van der Waals surface area contributed by atoms with E-state index in [9.17, 15) is 33.6 Å². The number of nitrogens with one attached hydrogen (secondary N) is 4. The highest BCUT2D eigenvalue weighted by Gasteiger charge is 2.45. The molecule has 2 aliphatic rings. The van der Waals surface area contributed by atoms with E-state index in [1.54, 1.807) is 10.7 Å². The van der Waals surface area contributed by atoms with Crippen LogP contribution < -0.4 is 21.3 Å². The molecular weight excluding hydrogens is 857 g/mol. The van der Waals surface area contributed by atoms with Crippen LogP contribution >= 0.6 is 0 Å². The molecule has 348 valence electrons. The Balaban J connectivity index is 0.690. The van der Waals surface area contributed by atoms with Crippen molar-refractivity contribution in [2.24, 2.45) is 7.05 Å². The molecule has 1 unspecified atom stereocenters. The second kappa shape index (κ2) is 21.9. The number of piperidine rings is 1. The number of aryl methyl sites for hydroxylation is 2. The van der Waals surface area contributed by atoms with Crippen LogP contribution in [-0.2, 0) is 49.9 Å². The molecule has 2 atom stereocenters. The van der Waals surface area contributed by atoms with Crippen LogP contribution in [0.25, 0.3) is 27.6 Å². The first kappa shape index (κ1) is 47.1. The number of aromatic nitrogens is 3. The summed E-state index contributed by atoms with van der Waals surface area (Å²) in [6.45, 7) is 5.54. The molecule has 0 aliphatic carbocycles. The highest BCUT2D eigenvalue weighted by atomic mass is 16.6. The molecule has 5 aromatic rings. The summed E-state index contributed by atoms with van der Waals surface area (Å²) in [5, 5.41) is 17.0. The Morgan fingerprint density at radius 2 is 1.45 bits per heavy atom. The minimum atomic E-state index is -1.12. The van der Waals surface area contributed by atoms with E-state index in [0.717, 1.165) is 38.1 Å². The van der Waals surface area contributed by atoms with E-state index in [1.165, 1.54) is 18.2 Å². The number of rotatable bonds is 23. The van der Waals surface area contributed by atoms with E-state index in [-0.39, 0.29) is 100 Å². The fourth-order valence-electron chi connectivity index (χ4n) is 7.58. The molecule has 66 heavy (non-hydrogen) atoms. The van der Waals surface area contributed by atoms with E-state index in [1.807, 2.05) is 39.2 Å². The minimum absolute atomic E-state index is 0.00378. The largest absolute Gasteiger partial charge is 0.377 e. The maximum Gasteiger partial charge on any atom is 0.264 e. The Morgan fingerprint density at radius 1 is 0.803 bits per heavy atom. The Labute approximate surface area is 379 Å². The monoisotopic (exact) mass is 908 g/mol. The van der Waals surface area contributed by atoms with Crippen LogP contribution in [0.15, 0.2) is 66.9 Å². The number of ether oxygens (including phenoxy) is 5. The number of hydrogen-bond acceptors (Lipinski definition) is 13. The molecule has 7 amide bonds. The van der Waals surface area contributed by atoms with Gasteiger partial charge in [0.25, 0.3) is 17.7 Å². The normalized spacial score (nSPS) is 15.3. The molecular formula is C46H52N8O12. The van der Waals surface area contributed by atoms with Crippen molar-refractivity contribution >= 4 is 69.0 Å². The molecule has 1 saturated heterocycles. The zero-order valence-corrected chi connectivity index (χ0v) is 36.9. The van der Waals surface area contributed by atoms with Crippen LogP contribution in [0.1, 0.15) is 56.4 Å². The van der Waals surface area contributed by atoms with E-state index >= 15 is 0 Å². The topological polar surface area (TPSA) is 240 Å². The lowest BCUT2D eigenvalue weighted by Crippen LogP contribution is -2.54. The molecule has 0 spiro atoms. The average molecular weight is 909 g/mol. The molecule has 2 aromatic heterocycles. The third kappa shape index (κ3) is 11.3. The molecule has 20 heteroatoms. The van der Waals surface area contributed by atoms with Crippen LogP contribution in [0.3, 0.4) is 0 Å². The molecule has 4 N–H and O–H groups in total. The Hall–Kier alpha value is -6.84. The van der Waals surface area contributed by atoms with Crippen molar-refractivity contribution in [2.45, 2.75) is 38.8 Å². The number of imide groups is 2. The molecule has 1 fully saturated rings. The minimum Gasteiger partial charge on any atom is -0.377 e. The van der Waals surface area contributed by atoms with Gasteiger partial charge < -0.3 is 39.6 Å². The Bertz CT molecular complexity index is 2620. The lowest BCUT2D eigenvalue weighted by molar-refractivity contribution is -0.136. The third-order valence-electron chi connectivity index (χ3n) is 10.8. The van der Waals surface area contributed by atoms with E-state index < -0.39 is 35.6 Å². The van der Waals surface area contributed by atoms with Crippen LogP contribution in [-0.4, -0.2) is 145 Å². The first-order chi connectivity index (χ1) is 31.9. The van der Waals surface area contributed by atoms with Crippen molar-refractivity contribution in [3.05, 3.63) is 89.1 Å². The summed E-state index contributed by atoms with van der Waals surface area (Å²) >= 11 is 0. The van der Waals surface area contributed by atoms with Crippen molar-refractivity contribution in [3.8, 4) is 5.69 Å². The van der Waals surface area contributed by atoms with Gasteiger partial charge in [0.15, 0.2) is 5.65 Å². The van der Waals surface area contributed by atoms with Crippen LogP contribution in [0.5, 0.6) is 0 Å². The fourth-order valence-corrected chi connectivity index (χ4v) is 7.58. The maximum absolute atomic E-state index is 13.2. The second-order valence-corrected chi connectivity index (χ2v) is 15.8. The van der Waals surface area contributed by atoms with Gasteiger partial charge in [-0.1, -0.05) is 23.8 Å². The lowest BCUT2D eigenvalue weighted by Gasteiger charge is -2.27. The number of fused-ring (bicyclic) bond motifs is 4. The number of anilines is 1. The summed E-state index contributed by atoms with van der Waals surface area (Å²) in [6.07, 6.45) is 1.96. The van der Waals surface area contributed by atoms with Gasteiger partial charge in [-0.2, -0.15) is 5.10 Å². The van der Waals surface area contributed by atoms with Gasteiger partial charge in [0.1, 0.15) is 19.3 Å². The number of hydrogen-bond donors (Lipinski definition) is 4. The number of amides is 7. The van der Waals surface area contributed by atoms with Crippen LogP contribution in [0, 0.1) is 6.92 Å². The summed E-state index contributed by atoms with van der Waals surface area (Å²) in [6, 6.07) is 16.8. The van der Waals surface area contributed by atoms with E-state index in [2.05, 4.69) is 55.2 Å². The van der Waals surface area contributed by atoms with Gasteiger partial charge in [0, 0.05) is 54.3 Å². The number of benzene rings is 3. The van der Waals surface area contributed by atoms with Gasteiger partial charge in [-0.25, -0.2) is 0 Å². The quantitative estimate of drug-likeness (QED) is 0.0544. The van der Waals surface area contributed by atoms with Gasteiger partial charge in [-0.05, 0) is 62.7 Å². The predicted octanol–water partition coefficient (Wildman–Crippen LogP) is 2.18. The summed E-state index contributed by atoms with van der Waals surface area (Å²) in [5.74, 6) is -3.73. The SMILES string of the molecule is Cc1ccc(-n2c3ccc(C(=O)N[C@H](C)CNC(=O)COCCOCCOCCOCCOCC(=O)Nc4cccc5c4C(=O)N(C4CCC(=O)NC4=O)C5=O)cc3c3cn(C)nc32)cc1. The van der Waals surface area contributed by atoms with Gasteiger partial charge in [0.05, 0.1) is 75.2 Å². The number of carbonyl (C=O) groups excluding carboxylic acids is 7. The zero-order valence-electron chi connectivity index (χ0n) is 36.9. The first-order valence-corrected chi connectivity index (χ1v) is 21.5. The van der Waals surface area contributed by atoms with E-state index in [0.29, 0.717) is 25.4 Å². The second-order valence-electron chi connectivity index (χ2n) is 15.8. The molecule has 7 rings (SSSR count). The summed E-state index contributed by atoms with van der Waals surface area (Å²) < 4.78 is 31.0. The standard InChI is InChI=1S/C46H52N8O12/c1-28-7-10-31(11-8-28)53-36-12-9-30(23-33(36)34-25-52(3)51-42(34)53)43(58)48-29(2)24-47-39(56)26-65-21-19-63-17-15-62-16-18-64-20-22-66-27-40(57)49-35-6-4-5-32-41(35)46(61)54(45(32)60)37-13-14-38(55)50-44(37)59/h4-12,23,25,29,37H,13-22,24,26-27H2,1-3H3,(H,47,56)(H,48,58)(H,49,57)(H,50,55,59)/t29-,37?/m1/s1.